The van der Waals surface area contributed by atoms with E-state index in [1.165, 1.54) is 10.5 Å². The van der Waals surface area contributed by atoms with Crippen molar-refractivity contribution in [3.63, 3.8) is 0 Å². The van der Waals surface area contributed by atoms with Crippen LogP contribution >= 0.6 is 0 Å². The van der Waals surface area contributed by atoms with Gasteiger partial charge in [0.05, 0.1) is 17.4 Å². The lowest BCUT2D eigenvalue weighted by Crippen LogP contribution is -2.55. The zero-order chi connectivity index (χ0) is 24.2. The molecule has 0 fully saturated rings. The molecule has 1 heterocycles. The molecule has 4 amide bonds. The van der Waals surface area contributed by atoms with E-state index in [0.717, 1.165) is 30.4 Å². The zero-order valence-corrected chi connectivity index (χ0v) is 19.4. The molecule has 2 aliphatic rings. The number of amides is 4. The van der Waals surface area contributed by atoms with Gasteiger partial charge in [-0.1, -0.05) is 66.7 Å². The van der Waals surface area contributed by atoms with Gasteiger partial charge in [0.15, 0.2) is 0 Å². The van der Waals surface area contributed by atoms with Crippen molar-refractivity contribution in [2.45, 2.75) is 37.8 Å². The molecular weight excluding hydrogens is 440 g/mol. The molecular formula is C28H28N4O3. The first-order valence-electron chi connectivity index (χ1n) is 12.0. The number of hydrogen-bond donors (Lipinski definition) is 3. The number of benzene rings is 3. The quantitative estimate of drug-likeness (QED) is 0.529. The predicted octanol–water partition coefficient (Wildman–Crippen LogP) is 3.96. The summed E-state index contributed by atoms with van der Waals surface area (Å²) >= 11 is 0. The first-order valence-corrected chi connectivity index (χ1v) is 12.0. The van der Waals surface area contributed by atoms with Crippen LogP contribution in [-0.2, 0) is 22.4 Å². The molecule has 35 heavy (non-hydrogen) atoms. The maximum atomic E-state index is 13.5. The van der Waals surface area contributed by atoms with Crippen molar-refractivity contribution in [3.05, 3.63) is 95.6 Å². The second-order valence-electron chi connectivity index (χ2n) is 9.00. The number of anilines is 2. The first kappa shape index (κ1) is 22.7. The van der Waals surface area contributed by atoms with Gasteiger partial charge in [0.2, 0.25) is 11.8 Å². The number of hydrogen-bond acceptors (Lipinski definition) is 3. The first-order chi connectivity index (χ1) is 17.1. The Labute approximate surface area is 204 Å². The maximum absolute atomic E-state index is 13.5. The Balaban J connectivity index is 1.37. The molecule has 3 aromatic rings. The van der Waals surface area contributed by atoms with E-state index in [9.17, 15) is 14.4 Å². The van der Waals surface area contributed by atoms with Crippen molar-refractivity contribution in [3.8, 4) is 0 Å². The SMILES string of the molecule is O=C1CN(C(=O)N[C@@H](Cc2ccccc2)C(=O)NC2CCCc3ccccc32)c2ccccc2N1. The topological polar surface area (TPSA) is 90.5 Å². The molecule has 1 aliphatic carbocycles. The van der Waals surface area contributed by atoms with E-state index in [4.69, 9.17) is 0 Å². The number of urea groups is 1. The molecule has 0 saturated heterocycles. The lowest BCUT2D eigenvalue weighted by molar-refractivity contribution is -0.123. The minimum atomic E-state index is -0.795. The van der Waals surface area contributed by atoms with E-state index in [0.29, 0.717) is 17.8 Å². The van der Waals surface area contributed by atoms with Crippen LogP contribution in [0.25, 0.3) is 0 Å². The van der Waals surface area contributed by atoms with Crippen LogP contribution in [0.5, 0.6) is 0 Å². The molecule has 0 radical (unpaired) electrons. The van der Waals surface area contributed by atoms with Gasteiger partial charge in [0, 0.05) is 6.42 Å². The van der Waals surface area contributed by atoms with Crippen molar-refractivity contribution in [2.24, 2.45) is 0 Å². The molecule has 0 aromatic heterocycles. The second-order valence-corrected chi connectivity index (χ2v) is 9.00. The van der Waals surface area contributed by atoms with Gasteiger partial charge in [-0.05, 0) is 48.1 Å². The molecule has 3 N–H and O–H groups in total. The van der Waals surface area contributed by atoms with Crippen LogP contribution in [0.4, 0.5) is 16.2 Å². The molecule has 178 valence electrons. The highest BCUT2D eigenvalue weighted by atomic mass is 16.2. The molecule has 3 aromatic carbocycles. The van der Waals surface area contributed by atoms with Gasteiger partial charge >= 0.3 is 6.03 Å². The summed E-state index contributed by atoms with van der Waals surface area (Å²) in [7, 11) is 0. The third-order valence-corrected chi connectivity index (χ3v) is 6.60. The summed E-state index contributed by atoms with van der Waals surface area (Å²) in [5.41, 5.74) is 4.50. The largest absolute Gasteiger partial charge is 0.347 e. The van der Waals surface area contributed by atoms with Crippen LogP contribution in [0.3, 0.4) is 0 Å². The van der Waals surface area contributed by atoms with Gasteiger partial charge in [-0.15, -0.1) is 0 Å². The van der Waals surface area contributed by atoms with E-state index in [2.05, 4.69) is 28.1 Å². The predicted molar refractivity (Wildman–Crippen MR) is 135 cm³/mol. The average molecular weight is 469 g/mol. The number of nitrogens with one attached hydrogen (secondary N) is 3. The Morgan fingerprint density at radius 1 is 0.971 bits per heavy atom. The van der Waals surface area contributed by atoms with Gasteiger partial charge < -0.3 is 16.0 Å². The van der Waals surface area contributed by atoms with E-state index in [1.807, 2.05) is 48.5 Å². The molecule has 0 saturated carbocycles. The van der Waals surface area contributed by atoms with E-state index in [-0.39, 0.29) is 24.4 Å². The van der Waals surface area contributed by atoms with E-state index < -0.39 is 12.1 Å². The summed E-state index contributed by atoms with van der Waals surface area (Å²) in [5, 5.41) is 8.87. The molecule has 5 rings (SSSR count). The summed E-state index contributed by atoms with van der Waals surface area (Å²) in [6.07, 6.45) is 3.20. The van der Waals surface area contributed by atoms with Crippen LogP contribution < -0.4 is 20.9 Å². The standard InChI is InChI=1S/C28H28N4O3/c33-26-18-32(25-16-7-6-14-23(25)29-26)28(35)31-24(17-19-9-2-1-3-10-19)27(34)30-22-15-8-12-20-11-4-5-13-21(20)22/h1-7,9-11,13-14,16,22,24H,8,12,15,17-18H2,(H,29,33)(H,30,34)(H,31,35)/t22?,24-/m0/s1. The smallest absolute Gasteiger partial charge is 0.323 e. The number of rotatable bonds is 5. The third kappa shape index (κ3) is 5.04. The normalized spacial score (nSPS) is 17.4. The number of carbonyl (C=O) groups excluding carboxylic acids is 3. The number of aryl methyl sites for hydroxylation is 1. The summed E-state index contributed by atoms with van der Waals surface area (Å²) in [4.78, 5) is 40.5. The summed E-state index contributed by atoms with van der Waals surface area (Å²) in [5.74, 6) is -0.514. The van der Waals surface area contributed by atoms with Crippen LogP contribution in [0.2, 0.25) is 0 Å². The lowest BCUT2D eigenvalue weighted by Gasteiger charge is -2.32. The zero-order valence-electron chi connectivity index (χ0n) is 19.4. The summed E-state index contributed by atoms with van der Waals surface area (Å²) in [6.45, 7) is -0.113. The Hall–Kier alpha value is -4.13. The minimum Gasteiger partial charge on any atom is -0.347 e. The molecule has 7 nitrogen and oxygen atoms in total. The minimum absolute atomic E-state index is 0.0934. The molecule has 1 aliphatic heterocycles. The van der Waals surface area contributed by atoms with Crippen LogP contribution in [0.15, 0.2) is 78.9 Å². The molecule has 0 bridgehead atoms. The van der Waals surface area contributed by atoms with Gasteiger partial charge in [-0.3, -0.25) is 14.5 Å². The summed E-state index contributed by atoms with van der Waals surface area (Å²) in [6, 6.07) is 23.6. The Kier molecular flexibility index (Phi) is 6.48. The van der Waals surface area contributed by atoms with Crippen molar-refractivity contribution >= 4 is 29.2 Å². The summed E-state index contributed by atoms with van der Waals surface area (Å²) < 4.78 is 0. The molecule has 1 unspecified atom stereocenters. The number of fused-ring (bicyclic) bond motifs is 2. The van der Waals surface area contributed by atoms with Crippen molar-refractivity contribution in [1.29, 1.82) is 0 Å². The number of nitrogens with zero attached hydrogens (tertiary/aromatic N) is 1. The van der Waals surface area contributed by atoms with E-state index >= 15 is 0 Å². The number of para-hydroxylation sites is 2. The Bertz CT molecular complexity index is 1240. The van der Waals surface area contributed by atoms with Crippen molar-refractivity contribution in [1.82, 2.24) is 10.6 Å². The number of carbonyl (C=O) groups is 3. The fourth-order valence-corrected chi connectivity index (χ4v) is 4.88. The van der Waals surface area contributed by atoms with Gasteiger partial charge in [-0.2, -0.15) is 0 Å². The second kappa shape index (κ2) is 10.0. The van der Waals surface area contributed by atoms with Crippen LogP contribution in [0, 0.1) is 0 Å². The monoisotopic (exact) mass is 468 g/mol. The molecule has 7 heteroatoms. The van der Waals surface area contributed by atoms with Gasteiger partial charge in [0.25, 0.3) is 0 Å². The Morgan fingerprint density at radius 3 is 2.57 bits per heavy atom. The van der Waals surface area contributed by atoms with Crippen LogP contribution in [0.1, 0.15) is 35.6 Å². The van der Waals surface area contributed by atoms with E-state index in [1.54, 1.807) is 18.2 Å². The highest BCUT2D eigenvalue weighted by Gasteiger charge is 2.31. The van der Waals surface area contributed by atoms with Crippen molar-refractivity contribution in [2.75, 3.05) is 16.8 Å². The van der Waals surface area contributed by atoms with Crippen LogP contribution in [-0.4, -0.2) is 30.4 Å². The fourth-order valence-electron chi connectivity index (χ4n) is 4.88. The average Bonchev–Trinajstić information content (AvgIpc) is 2.88. The highest BCUT2D eigenvalue weighted by molar-refractivity contribution is 6.10. The lowest BCUT2D eigenvalue weighted by atomic mass is 9.87. The fraction of sp³-hybridized carbons (Fsp3) is 0.250. The molecule has 2 atom stereocenters. The van der Waals surface area contributed by atoms with Gasteiger partial charge in [0.1, 0.15) is 12.6 Å². The third-order valence-electron chi connectivity index (χ3n) is 6.60. The van der Waals surface area contributed by atoms with Gasteiger partial charge in [-0.25, -0.2) is 4.79 Å². The highest BCUT2D eigenvalue weighted by Crippen LogP contribution is 2.30. The maximum Gasteiger partial charge on any atom is 0.323 e. The molecule has 0 spiro atoms. The Morgan fingerprint density at radius 2 is 1.71 bits per heavy atom. The van der Waals surface area contributed by atoms with Crippen molar-refractivity contribution < 1.29 is 14.4 Å².